The minimum atomic E-state index is -0.783. The van der Waals surface area contributed by atoms with Crippen LogP contribution in [0.2, 0.25) is 0 Å². The molecule has 0 N–H and O–H groups in total. The van der Waals surface area contributed by atoms with Crippen LogP contribution in [-0.2, 0) is 9.59 Å². The number of Topliss-reactive ketones (excluding diaryl/α,β-unsaturated/α-hetero) is 1. The first-order valence-electron chi connectivity index (χ1n) is 12.6. The van der Waals surface area contributed by atoms with Crippen molar-refractivity contribution in [1.82, 2.24) is 0 Å². The fourth-order valence-corrected chi connectivity index (χ4v) is 6.35. The second-order valence-corrected chi connectivity index (χ2v) is 10.1. The molecule has 7 rings (SSSR count). The Hall–Kier alpha value is -4.51. The highest BCUT2D eigenvalue weighted by Crippen LogP contribution is 2.50. The van der Waals surface area contributed by atoms with E-state index in [0.717, 1.165) is 27.6 Å². The SMILES string of the molecule is Cc1ccc(N2C(=O)[C@@H]3[C@H](C2=O)[C@H]2C=Cc4c(ccc5ccccc45)N2[C@@H]3C(=O)c2ccccc2)cc1. The number of imide groups is 1. The topological polar surface area (TPSA) is 57.7 Å². The largest absolute Gasteiger partial charge is 0.352 e. The molecule has 5 heteroatoms. The van der Waals surface area contributed by atoms with E-state index in [1.807, 2.05) is 72.5 Å². The van der Waals surface area contributed by atoms with E-state index in [0.29, 0.717) is 11.3 Å². The molecule has 0 bridgehead atoms. The molecule has 2 fully saturated rings. The van der Waals surface area contributed by atoms with Gasteiger partial charge in [0.15, 0.2) is 5.78 Å². The molecule has 3 aliphatic heterocycles. The first kappa shape index (κ1) is 21.7. The van der Waals surface area contributed by atoms with Crippen molar-refractivity contribution >= 4 is 45.8 Å². The average Bonchev–Trinajstić information content (AvgIpc) is 3.41. The second kappa shape index (κ2) is 8.00. The molecule has 4 aromatic carbocycles. The van der Waals surface area contributed by atoms with Crippen LogP contribution in [0.1, 0.15) is 21.5 Å². The highest BCUT2D eigenvalue weighted by Gasteiger charge is 2.64. The smallest absolute Gasteiger partial charge is 0.240 e. The van der Waals surface area contributed by atoms with Gasteiger partial charge >= 0.3 is 0 Å². The van der Waals surface area contributed by atoms with Crippen LogP contribution in [0.15, 0.2) is 97.1 Å². The van der Waals surface area contributed by atoms with Crippen molar-refractivity contribution in [2.75, 3.05) is 9.80 Å². The van der Waals surface area contributed by atoms with Gasteiger partial charge in [0, 0.05) is 16.8 Å². The third-order valence-corrected chi connectivity index (χ3v) is 8.03. The molecule has 5 nitrogen and oxygen atoms in total. The van der Waals surface area contributed by atoms with Crippen LogP contribution in [0.4, 0.5) is 11.4 Å². The second-order valence-electron chi connectivity index (χ2n) is 10.1. The summed E-state index contributed by atoms with van der Waals surface area (Å²) < 4.78 is 0. The molecule has 4 atom stereocenters. The van der Waals surface area contributed by atoms with Gasteiger partial charge in [-0.15, -0.1) is 0 Å². The minimum Gasteiger partial charge on any atom is -0.352 e. The molecule has 37 heavy (non-hydrogen) atoms. The van der Waals surface area contributed by atoms with Gasteiger partial charge in [0.1, 0.15) is 6.04 Å². The number of carbonyl (C=O) groups excluding carboxylic acids is 3. The first-order valence-corrected chi connectivity index (χ1v) is 12.6. The number of nitrogens with zero attached hydrogens (tertiary/aromatic N) is 2. The van der Waals surface area contributed by atoms with E-state index in [1.54, 1.807) is 24.3 Å². The molecule has 2 amide bonds. The molecule has 3 heterocycles. The average molecular weight is 485 g/mol. The zero-order valence-corrected chi connectivity index (χ0v) is 20.2. The predicted octanol–water partition coefficient (Wildman–Crippen LogP) is 5.42. The van der Waals surface area contributed by atoms with Crippen molar-refractivity contribution in [3.63, 3.8) is 0 Å². The Bertz CT molecular complexity index is 1620. The first-order chi connectivity index (χ1) is 18.0. The van der Waals surface area contributed by atoms with Crippen LogP contribution in [0.3, 0.4) is 0 Å². The Morgan fingerprint density at radius 1 is 0.757 bits per heavy atom. The third-order valence-electron chi connectivity index (χ3n) is 8.03. The minimum absolute atomic E-state index is 0.139. The summed E-state index contributed by atoms with van der Waals surface area (Å²) in [5.41, 5.74) is 4.04. The number of hydrogen-bond donors (Lipinski definition) is 0. The van der Waals surface area contributed by atoms with E-state index in [9.17, 15) is 14.4 Å². The van der Waals surface area contributed by atoms with Gasteiger partial charge in [-0.3, -0.25) is 14.4 Å². The fraction of sp³-hybridized carbons (Fsp3) is 0.156. The zero-order valence-electron chi connectivity index (χ0n) is 20.2. The van der Waals surface area contributed by atoms with Gasteiger partial charge < -0.3 is 4.90 Å². The molecular weight excluding hydrogens is 460 g/mol. The monoisotopic (exact) mass is 484 g/mol. The summed E-state index contributed by atoms with van der Waals surface area (Å²) in [6.07, 6.45) is 4.06. The van der Waals surface area contributed by atoms with Crippen LogP contribution in [0, 0.1) is 18.8 Å². The van der Waals surface area contributed by atoms with Gasteiger partial charge in [0.05, 0.1) is 23.6 Å². The maximum absolute atomic E-state index is 14.1. The van der Waals surface area contributed by atoms with Crippen molar-refractivity contribution in [1.29, 1.82) is 0 Å². The normalized spacial score (nSPS) is 23.8. The van der Waals surface area contributed by atoms with E-state index in [1.165, 1.54) is 4.90 Å². The van der Waals surface area contributed by atoms with Crippen LogP contribution in [0.25, 0.3) is 16.8 Å². The van der Waals surface area contributed by atoms with E-state index >= 15 is 0 Å². The highest BCUT2D eigenvalue weighted by atomic mass is 16.2. The van der Waals surface area contributed by atoms with Gasteiger partial charge in [0.25, 0.3) is 0 Å². The molecule has 0 radical (unpaired) electrons. The van der Waals surface area contributed by atoms with Crippen molar-refractivity contribution < 1.29 is 14.4 Å². The quantitative estimate of drug-likeness (QED) is 0.288. The number of aryl methyl sites for hydroxylation is 1. The van der Waals surface area contributed by atoms with Crippen LogP contribution in [0.5, 0.6) is 0 Å². The van der Waals surface area contributed by atoms with Gasteiger partial charge in [-0.05, 0) is 35.9 Å². The van der Waals surface area contributed by atoms with Crippen molar-refractivity contribution in [3.8, 4) is 0 Å². The number of ketones is 1. The number of benzene rings is 4. The number of anilines is 2. The number of hydrogen-bond acceptors (Lipinski definition) is 4. The van der Waals surface area contributed by atoms with Crippen molar-refractivity contribution in [2.24, 2.45) is 11.8 Å². The molecule has 2 saturated heterocycles. The standard InChI is InChI=1S/C32H24N2O3/c1-19-11-14-22(15-12-19)33-31(36)27-26-18-16-24-23-10-6-5-7-20(23)13-17-25(24)34(26)29(28(27)32(33)37)30(35)21-8-3-2-4-9-21/h2-18,26-29H,1H3/t26-,27-,28-,29+/m1/s1. The summed E-state index contributed by atoms with van der Waals surface area (Å²) in [5.74, 6) is -2.10. The lowest BCUT2D eigenvalue weighted by atomic mass is 9.86. The Labute approximate surface area is 214 Å². The summed E-state index contributed by atoms with van der Waals surface area (Å²) in [7, 11) is 0. The highest BCUT2D eigenvalue weighted by molar-refractivity contribution is 6.25. The zero-order chi connectivity index (χ0) is 25.3. The van der Waals surface area contributed by atoms with Crippen LogP contribution < -0.4 is 9.80 Å². The van der Waals surface area contributed by atoms with Gasteiger partial charge in [-0.25, -0.2) is 4.90 Å². The number of amides is 2. The molecule has 0 unspecified atom stereocenters. The van der Waals surface area contributed by atoms with Crippen molar-refractivity contribution in [3.05, 3.63) is 114 Å². The summed E-state index contributed by atoms with van der Waals surface area (Å²) in [5, 5.41) is 2.18. The van der Waals surface area contributed by atoms with E-state index in [2.05, 4.69) is 18.2 Å². The Morgan fingerprint density at radius 2 is 1.46 bits per heavy atom. The maximum Gasteiger partial charge on any atom is 0.240 e. The summed E-state index contributed by atoms with van der Waals surface area (Å²) in [6, 6.07) is 27.5. The van der Waals surface area contributed by atoms with Gasteiger partial charge in [-0.1, -0.05) is 90.5 Å². The molecule has 0 saturated carbocycles. The Balaban J connectivity index is 1.40. The molecule has 0 spiro atoms. The van der Waals surface area contributed by atoms with Crippen molar-refractivity contribution in [2.45, 2.75) is 19.0 Å². The molecule has 180 valence electrons. The lowest BCUT2D eigenvalue weighted by molar-refractivity contribution is -0.122. The predicted molar refractivity (Wildman–Crippen MR) is 144 cm³/mol. The summed E-state index contributed by atoms with van der Waals surface area (Å²) in [6.45, 7) is 1.96. The number of rotatable bonds is 3. The molecular formula is C32H24N2O3. The van der Waals surface area contributed by atoms with Crippen LogP contribution >= 0.6 is 0 Å². The third kappa shape index (κ3) is 3.07. The Kier molecular flexibility index (Phi) is 4.70. The number of carbonyl (C=O) groups is 3. The molecule has 4 aromatic rings. The Morgan fingerprint density at radius 3 is 2.24 bits per heavy atom. The van der Waals surface area contributed by atoms with Crippen LogP contribution in [-0.4, -0.2) is 29.7 Å². The van der Waals surface area contributed by atoms with E-state index in [4.69, 9.17) is 0 Å². The summed E-state index contributed by atoms with van der Waals surface area (Å²) >= 11 is 0. The van der Waals surface area contributed by atoms with Gasteiger partial charge in [0.2, 0.25) is 11.8 Å². The van der Waals surface area contributed by atoms with Gasteiger partial charge in [-0.2, -0.15) is 0 Å². The van der Waals surface area contributed by atoms with E-state index < -0.39 is 17.9 Å². The maximum atomic E-state index is 14.1. The molecule has 0 aliphatic carbocycles. The van der Waals surface area contributed by atoms with E-state index in [-0.39, 0.29) is 23.6 Å². The molecule has 0 aromatic heterocycles. The lowest BCUT2D eigenvalue weighted by Crippen LogP contribution is -2.48. The molecule has 3 aliphatic rings. The fourth-order valence-electron chi connectivity index (χ4n) is 6.35. The number of fused-ring (bicyclic) bond motifs is 7. The lowest BCUT2D eigenvalue weighted by Gasteiger charge is -2.37. The summed E-state index contributed by atoms with van der Waals surface area (Å²) in [4.78, 5) is 45.3.